The molecule has 0 radical (unpaired) electrons. The van der Waals surface area contributed by atoms with Crippen LogP contribution in [0.5, 0.6) is 0 Å². The van der Waals surface area contributed by atoms with Crippen LogP contribution in [0.4, 0.5) is 10.1 Å². The summed E-state index contributed by atoms with van der Waals surface area (Å²) in [5.74, 6) is 0.0943. The summed E-state index contributed by atoms with van der Waals surface area (Å²) in [4.78, 5) is 29.2. The van der Waals surface area contributed by atoms with Crippen molar-refractivity contribution in [3.8, 4) is 0 Å². The monoisotopic (exact) mass is 400 g/mol. The molecule has 0 saturated carbocycles. The molecule has 1 aromatic carbocycles. The maximum absolute atomic E-state index is 13.4. The number of esters is 1. The highest BCUT2D eigenvalue weighted by atomic mass is 19.1. The quantitative estimate of drug-likeness (QED) is 0.424. The Bertz CT molecular complexity index is 891. The molecule has 0 spiro atoms. The van der Waals surface area contributed by atoms with Gasteiger partial charge in [0, 0.05) is 24.0 Å². The van der Waals surface area contributed by atoms with Gasteiger partial charge in [0.15, 0.2) is 6.23 Å². The van der Waals surface area contributed by atoms with E-state index in [9.17, 15) is 19.1 Å². The molecule has 6 nitrogen and oxygen atoms in total. The number of hydrogen-bond donors (Lipinski definition) is 1. The number of carbonyl (C=O) groups is 2. The summed E-state index contributed by atoms with van der Waals surface area (Å²) in [6, 6.07) is 3.23. The lowest BCUT2D eigenvalue weighted by atomic mass is 9.97. The summed E-state index contributed by atoms with van der Waals surface area (Å²) in [5, 5.41) is 11.1. The van der Waals surface area contributed by atoms with Crippen LogP contribution in [0, 0.1) is 6.92 Å². The van der Waals surface area contributed by atoms with Crippen LogP contribution in [-0.2, 0) is 9.53 Å². The van der Waals surface area contributed by atoms with Gasteiger partial charge in [0.2, 0.25) is 0 Å². The lowest BCUT2D eigenvalue weighted by Gasteiger charge is -2.40. The third-order valence-corrected chi connectivity index (χ3v) is 5.28. The molecule has 0 aromatic heterocycles. The fraction of sp³-hybridized carbons (Fsp3) is 0.409. The number of carbonyl (C=O) groups excluding carboxylic acids is 2. The number of benzene rings is 1. The van der Waals surface area contributed by atoms with E-state index in [0.717, 1.165) is 11.8 Å². The van der Waals surface area contributed by atoms with Gasteiger partial charge in [-0.25, -0.2) is 9.38 Å². The van der Waals surface area contributed by atoms with E-state index in [1.165, 1.54) is 19.3 Å². The summed E-state index contributed by atoms with van der Waals surface area (Å²) in [6.07, 6.45) is 7.00. The smallest absolute Gasteiger partial charge is 0.305 e. The van der Waals surface area contributed by atoms with E-state index in [-0.39, 0.29) is 17.8 Å². The zero-order chi connectivity index (χ0) is 21.0. The molecule has 1 aromatic rings. The number of aliphatic hydroxyl groups excluding tert-OH is 1. The number of rotatable bonds is 7. The number of aryl methyl sites for hydroxylation is 1. The van der Waals surface area contributed by atoms with E-state index in [1.807, 2.05) is 6.92 Å². The molecule has 1 unspecified atom stereocenters. The molecule has 154 valence electrons. The van der Waals surface area contributed by atoms with Crippen molar-refractivity contribution in [2.45, 2.75) is 51.3 Å². The number of halogens is 1. The second-order valence-electron chi connectivity index (χ2n) is 7.23. The Balaban J connectivity index is 1.89. The topological polar surface area (TPSA) is 79.2 Å². The van der Waals surface area contributed by atoms with Crippen molar-refractivity contribution < 1.29 is 23.8 Å². The summed E-state index contributed by atoms with van der Waals surface area (Å²) >= 11 is 0. The summed E-state index contributed by atoms with van der Waals surface area (Å²) in [5.41, 5.74) is 2.47. The van der Waals surface area contributed by atoms with E-state index in [2.05, 4.69) is 4.74 Å². The number of aliphatic imine (C=N–C) groups is 1. The minimum atomic E-state index is -0.957. The van der Waals surface area contributed by atoms with Crippen molar-refractivity contribution in [1.82, 2.24) is 4.90 Å². The number of unbranched alkanes of at least 4 members (excludes halogenated alkanes) is 1. The Hall–Kier alpha value is -2.80. The van der Waals surface area contributed by atoms with Gasteiger partial charge < -0.3 is 14.7 Å². The molecule has 3 rings (SSSR count). The first-order valence-electron chi connectivity index (χ1n) is 9.69. The summed E-state index contributed by atoms with van der Waals surface area (Å²) in [6.45, 7) is 1.81. The first-order chi connectivity index (χ1) is 13.9. The van der Waals surface area contributed by atoms with Gasteiger partial charge in [-0.05, 0) is 56.0 Å². The molecule has 0 bridgehead atoms. The molecule has 2 aliphatic rings. The minimum Gasteiger partial charge on any atom is -0.469 e. The highest BCUT2D eigenvalue weighted by Gasteiger charge is 2.33. The average molecular weight is 400 g/mol. The SMILES string of the molecule is COC(=O)CCCCC1=Nc2cc(C=O)c(C)cc2[C@H](O)N1C1C=CC(F)=CC1. The molecule has 1 aliphatic heterocycles. The fourth-order valence-electron chi connectivity index (χ4n) is 3.65. The molecule has 29 heavy (non-hydrogen) atoms. The molecule has 0 amide bonds. The maximum Gasteiger partial charge on any atom is 0.305 e. The molecule has 2 atom stereocenters. The van der Waals surface area contributed by atoms with Crippen LogP contribution in [-0.4, -0.2) is 41.2 Å². The summed E-state index contributed by atoms with van der Waals surface area (Å²) < 4.78 is 18.1. The van der Waals surface area contributed by atoms with Gasteiger partial charge >= 0.3 is 5.97 Å². The lowest BCUT2D eigenvalue weighted by molar-refractivity contribution is -0.140. The zero-order valence-corrected chi connectivity index (χ0v) is 16.6. The number of methoxy groups -OCH3 is 1. The van der Waals surface area contributed by atoms with Crippen LogP contribution < -0.4 is 0 Å². The van der Waals surface area contributed by atoms with Gasteiger partial charge in [-0.3, -0.25) is 9.59 Å². The van der Waals surface area contributed by atoms with Crippen LogP contribution in [0.1, 0.15) is 59.8 Å². The Labute approximate surface area is 169 Å². The normalized spacial score (nSPS) is 20.6. The molecular weight excluding hydrogens is 375 g/mol. The van der Waals surface area contributed by atoms with Crippen LogP contribution >= 0.6 is 0 Å². The average Bonchev–Trinajstić information content (AvgIpc) is 2.72. The van der Waals surface area contributed by atoms with Gasteiger partial charge in [-0.2, -0.15) is 0 Å². The van der Waals surface area contributed by atoms with Crippen LogP contribution in [0.2, 0.25) is 0 Å². The Kier molecular flexibility index (Phi) is 6.59. The van der Waals surface area contributed by atoms with Crippen molar-refractivity contribution >= 4 is 23.8 Å². The number of amidine groups is 1. The van der Waals surface area contributed by atoms with Gasteiger partial charge in [-0.1, -0.05) is 6.08 Å². The number of aliphatic hydroxyl groups is 1. The number of ether oxygens (including phenoxy) is 1. The lowest BCUT2D eigenvalue weighted by Crippen LogP contribution is -2.44. The van der Waals surface area contributed by atoms with Crippen LogP contribution in [0.3, 0.4) is 0 Å². The number of allylic oxidation sites excluding steroid dienone is 2. The second kappa shape index (κ2) is 9.13. The van der Waals surface area contributed by atoms with Crippen molar-refractivity contribution in [2.24, 2.45) is 4.99 Å². The largest absolute Gasteiger partial charge is 0.469 e. The molecule has 1 heterocycles. The van der Waals surface area contributed by atoms with E-state index in [4.69, 9.17) is 4.99 Å². The fourth-order valence-corrected chi connectivity index (χ4v) is 3.65. The standard InChI is InChI=1S/C22H25FN2O4/c1-14-11-18-19(12-15(14)13-26)24-20(5-3-4-6-21(27)29-2)25(22(18)28)17-9-7-16(23)8-10-17/h7-9,11-13,17,22,28H,3-6,10H2,1-2H3/t17?,22-/m0/s1. The second-order valence-corrected chi connectivity index (χ2v) is 7.23. The van der Waals surface area contributed by atoms with Crippen molar-refractivity contribution in [1.29, 1.82) is 0 Å². The zero-order valence-electron chi connectivity index (χ0n) is 16.6. The first-order valence-corrected chi connectivity index (χ1v) is 9.69. The number of fused-ring (bicyclic) bond motifs is 1. The van der Waals surface area contributed by atoms with E-state index >= 15 is 0 Å². The van der Waals surface area contributed by atoms with Gasteiger partial charge in [0.1, 0.15) is 17.9 Å². The number of nitrogens with zero attached hydrogens (tertiary/aromatic N) is 2. The molecule has 0 saturated heterocycles. The van der Waals surface area contributed by atoms with E-state index in [1.54, 1.807) is 23.1 Å². The van der Waals surface area contributed by atoms with Crippen molar-refractivity contribution in [3.05, 3.63) is 52.9 Å². The van der Waals surface area contributed by atoms with Crippen LogP contribution in [0.15, 0.2) is 41.2 Å². The highest BCUT2D eigenvalue weighted by molar-refractivity contribution is 5.89. The number of hydrogen-bond acceptors (Lipinski definition) is 6. The van der Waals surface area contributed by atoms with Gasteiger partial charge in [0.25, 0.3) is 0 Å². The summed E-state index contributed by atoms with van der Waals surface area (Å²) in [7, 11) is 1.36. The van der Waals surface area contributed by atoms with Crippen molar-refractivity contribution in [2.75, 3.05) is 7.11 Å². The third kappa shape index (κ3) is 4.62. The van der Waals surface area contributed by atoms with Gasteiger partial charge in [0.05, 0.1) is 18.8 Å². The van der Waals surface area contributed by atoms with Crippen molar-refractivity contribution in [3.63, 3.8) is 0 Å². The molecule has 0 fully saturated rings. The van der Waals surface area contributed by atoms with E-state index < -0.39 is 6.23 Å². The van der Waals surface area contributed by atoms with Crippen LogP contribution in [0.25, 0.3) is 0 Å². The molecule has 1 N–H and O–H groups in total. The molecule has 1 aliphatic carbocycles. The minimum absolute atomic E-state index is 0.233. The Morgan fingerprint density at radius 2 is 2.21 bits per heavy atom. The van der Waals surface area contributed by atoms with Gasteiger partial charge in [-0.15, -0.1) is 0 Å². The maximum atomic E-state index is 13.4. The Morgan fingerprint density at radius 3 is 2.86 bits per heavy atom. The molecular formula is C22H25FN2O4. The molecule has 7 heteroatoms. The van der Waals surface area contributed by atoms with E-state index in [0.29, 0.717) is 54.8 Å². The highest BCUT2D eigenvalue weighted by Crippen LogP contribution is 2.38. The number of aldehydes is 1. The predicted molar refractivity (Wildman–Crippen MR) is 108 cm³/mol. The Morgan fingerprint density at radius 1 is 1.41 bits per heavy atom. The first kappa shape index (κ1) is 20.9. The predicted octanol–water partition coefficient (Wildman–Crippen LogP) is 4.06. The third-order valence-electron chi connectivity index (χ3n) is 5.28.